The molecule has 2 fully saturated rings. The summed E-state index contributed by atoms with van der Waals surface area (Å²) in [5, 5.41) is 6.30. The molecule has 1 amide bonds. The van der Waals surface area contributed by atoms with Gasteiger partial charge in [-0.05, 0) is 38.3 Å². The Morgan fingerprint density at radius 2 is 2.33 bits per heavy atom. The van der Waals surface area contributed by atoms with Crippen LogP contribution in [0.25, 0.3) is 0 Å². The van der Waals surface area contributed by atoms with Gasteiger partial charge in [-0.2, -0.15) is 0 Å². The second-order valence-corrected chi connectivity index (χ2v) is 5.12. The van der Waals surface area contributed by atoms with E-state index in [9.17, 15) is 4.79 Å². The van der Waals surface area contributed by atoms with Crippen molar-refractivity contribution < 1.29 is 14.3 Å². The molecule has 2 unspecified atom stereocenters. The van der Waals surface area contributed by atoms with E-state index in [2.05, 4.69) is 10.6 Å². The summed E-state index contributed by atoms with van der Waals surface area (Å²) in [5.74, 6) is 0.800. The molecule has 2 atom stereocenters. The molecule has 0 aromatic heterocycles. The van der Waals surface area contributed by atoms with Gasteiger partial charge in [0.1, 0.15) is 0 Å². The molecule has 2 N–H and O–H groups in total. The Kier molecular flexibility index (Phi) is 5.90. The zero-order valence-electron chi connectivity index (χ0n) is 11.0. The molecule has 0 aromatic carbocycles. The standard InChI is InChI=1S/C13H24N2O3/c16-13(4-3-11-2-1-5-14-8-11)15-9-12-10-17-6-7-18-12/h11-12,14H,1-10H2,(H,15,16). The fraction of sp³-hybridized carbons (Fsp3) is 0.923. The van der Waals surface area contributed by atoms with Crippen molar-refractivity contribution >= 4 is 5.91 Å². The minimum Gasteiger partial charge on any atom is -0.376 e. The molecule has 2 rings (SSSR count). The van der Waals surface area contributed by atoms with Gasteiger partial charge < -0.3 is 20.1 Å². The third-order valence-corrected chi connectivity index (χ3v) is 3.59. The molecule has 0 aliphatic carbocycles. The lowest BCUT2D eigenvalue weighted by Crippen LogP contribution is -2.40. The van der Waals surface area contributed by atoms with Gasteiger partial charge in [0, 0.05) is 13.0 Å². The fourth-order valence-corrected chi connectivity index (χ4v) is 2.48. The Morgan fingerprint density at radius 1 is 1.39 bits per heavy atom. The topological polar surface area (TPSA) is 59.6 Å². The van der Waals surface area contributed by atoms with Crippen molar-refractivity contribution in [1.82, 2.24) is 10.6 Å². The SMILES string of the molecule is O=C(CCC1CCCNC1)NCC1COCCO1. The van der Waals surface area contributed by atoms with Crippen LogP contribution >= 0.6 is 0 Å². The molecule has 2 heterocycles. The molecular formula is C13H24N2O3. The van der Waals surface area contributed by atoms with Crippen molar-refractivity contribution in [3.05, 3.63) is 0 Å². The number of piperidine rings is 1. The molecule has 5 heteroatoms. The Balaban J connectivity index is 1.54. The van der Waals surface area contributed by atoms with Crippen LogP contribution in [-0.2, 0) is 14.3 Å². The van der Waals surface area contributed by atoms with Crippen LogP contribution in [-0.4, -0.2) is 51.5 Å². The van der Waals surface area contributed by atoms with Crippen LogP contribution in [0.5, 0.6) is 0 Å². The summed E-state index contributed by atoms with van der Waals surface area (Å²) in [4.78, 5) is 11.7. The first-order chi connectivity index (χ1) is 8.84. The first-order valence-corrected chi connectivity index (χ1v) is 7.01. The Bertz CT molecular complexity index is 225. The molecule has 5 nitrogen and oxygen atoms in total. The summed E-state index contributed by atoms with van der Waals surface area (Å²) in [7, 11) is 0. The van der Waals surface area contributed by atoms with Crippen LogP contribution in [0.2, 0.25) is 0 Å². The lowest BCUT2D eigenvalue weighted by molar-refractivity contribution is -0.124. The quantitative estimate of drug-likeness (QED) is 0.742. The molecule has 0 radical (unpaired) electrons. The van der Waals surface area contributed by atoms with Crippen LogP contribution in [0.3, 0.4) is 0 Å². The van der Waals surface area contributed by atoms with Gasteiger partial charge in [-0.15, -0.1) is 0 Å². The number of hydrogen-bond donors (Lipinski definition) is 2. The zero-order chi connectivity index (χ0) is 12.6. The van der Waals surface area contributed by atoms with Crippen molar-refractivity contribution in [2.45, 2.75) is 31.8 Å². The molecule has 0 aromatic rings. The largest absolute Gasteiger partial charge is 0.376 e. The average molecular weight is 256 g/mol. The number of ether oxygens (including phenoxy) is 2. The highest BCUT2D eigenvalue weighted by Crippen LogP contribution is 2.15. The van der Waals surface area contributed by atoms with E-state index < -0.39 is 0 Å². The van der Waals surface area contributed by atoms with Gasteiger partial charge in [0.15, 0.2) is 0 Å². The first kappa shape index (κ1) is 13.8. The first-order valence-electron chi connectivity index (χ1n) is 7.01. The number of amides is 1. The van der Waals surface area contributed by atoms with E-state index in [0.29, 0.717) is 38.7 Å². The van der Waals surface area contributed by atoms with Gasteiger partial charge >= 0.3 is 0 Å². The highest BCUT2D eigenvalue weighted by atomic mass is 16.6. The lowest BCUT2D eigenvalue weighted by atomic mass is 9.94. The summed E-state index contributed by atoms with van der Waals surface area (Å²) < 4.78 is 10.8. The molecule has 2 aliphatic heterocycles. The number of carbonyl (C=O) groups is 1. The number of hydrogen-bond acceptors (Lipinski definition) is 4. The van der Waals surface area contributed by atoms with Crippen LogP contribution in [0.1, 0.15) is 25.7 Å². The Morgan fingerprint density at radius 3 is 3.06 bits per heavy atom. The minimum absolute atomic E-state index is 0.0269. The predicted octanol–water partition coefficient (Wildman–Crippen LogP) is 0.298. The minimum atomic E-state index is 0.0269. The second-order valence-electron chi connectivity index (χ2n) is 5.12. The van der Waals surface area contributed by atoms with Crippen molar-refractivity contribution in [2.75, 3.05) is 39.5 Å². The van der Waals surface area contributed by atoms with Gasteiger partial charge in [0.2, 0.25) is 5.91 Å². The van der Waals surface area contributed by atoms with Crippen LogP contribution in [0.4, 0.5) is 0 Å². The normalized spacial score (nSPS) is 28.9. The van der Waals surface area contributed by atoms with Crippen molar-refractivity contribution in [3.63, 3.8) is 0 Å². The third-order valence-electron chi connectivity index (χ3n) is 3.59. The second kappa shape index (κ2) is 7.71. The van der Waals surface area contributed by atoms with Gasteiger partial charge in [0.25, 0.3) is 0 Å². The highest BCUT2D eigenvalue weighted by molar-refractivity contribution is 5.75. The Labute approximate surface area is 109 Å². The van der Waals surface area contributed by atoms with E-state index >= 15 is 0 Å². The fourth-order valence-electron chi connectivity index (χ4n) is 2.48. The molecule has 104 valence electrons. The van der Waals surface area contributed by atoms with Crippen LogP contribution in [0, 0.1) is 5.92 Å². The van der Waals surface area contributed by atoms with Crippen LogP contribution in [0.15, 0.2) is 0 Å². The van der Waals surface area contributed by atoms with Crippen molar-refractivity contribution in [2.24, 2.45) is 5.92 Å². The summed E-state index contributed by atoms with van der Waals surface area (Å²) in [6.07, 6.45) is 4.12. The van der Waals surface area contributed by atoms with E-state index in [-0.39, 0.29) is 12.0 Å². The van der Waals surface area contributed by atoms with Gasteiger partial charge in [0.05, 0.1) is 25.9 Å². The molecule has 0 bridgehead atoms. The van der Waals surface area contributed by atoms with E-state index in [1.165, 1.54) is 12.8 Å². The van der Waals surface area contributed by atoms with Gasteiger partial charge in [-0.25, -0.2) is 0 Å². The molecule has 2 saturated heterocycles. The number of carbonyl (C=O) groups excluding carboxylic acids is 1. The molecular weight excluding hydrogens is 232 g/mol. The predicted molar refractivity (Wildman–Crippen MR) is 68.4 cm³/mol. The summed E-state index contributed by atoms with van der Waals surface area (Å²) >= 11 is 0. The highest BCUT2D eigenvalue weighted by Gasteiger charge is 2.17. The van der Waals surface area contributed by atoms with Crippen molar-refractivity contribution in [1.29, 1.82) is 0 Å². The van der Waals surface area contributed by atoms with Gasteiger partial charge in [-0.1, -0.05) is 0 Å². The molecule has 0 spiro atoms. The summed E-state index contributed by atoms with van der Waals surface area (Å²) in [6.45, 7) is 4.65. The van der Waals surface area contributed by atoms with Crippen molar-refractivity contribution in [3.8, 4) is 0 Å². The monoisotopic (exact) mass is 256 g/mol. The molecule has 18 heavy (non-hydrogen) atoms. The maximum absolute atomic E-state index is 11.7. The number of nitrogens with one attached hydrogen (secondary N) is 2. The molecule has 0 saturated carbocycles. The van der Waals surface area contributed by atoms with E-state index in [1.807, 2.05) is 0 Å². The molecule has 2 aliphatic rings. The lowest BCUT2D eigenvalue weighted by Gasteiger charge is -2.24. The summed E-state index contributed by atoms with van der Waals surface area (Å²) in [5.41, 5.74) is 0. The third kappa shape index (κ3) is 4.92. The van der Waals surface area contributed by atoms with E-state index in [0.717, 1.165) is 19.5 Å². The average Bonchev–Trinajstić information content (AvgIpc) is 2.45. The maximum Gasteiger partial charge on any atom is 0.220 e. The smallest absolute Gasteiger partial charge is 0.220 e. The zero-order valence-corrected chi connectivity index (χ0v) is 11.0. The van der Waals surface area contributed by atoms with E-state index in [1.54, 1.807) is 0 Å². The maximum atomic E-state index is 11.7. The summed E-state index contributed by atoms with van der Waals surface area (Å²) in [6, 6.07) is 0. The number of rotatable bonds is 5. The Hall–Kier alpha value is -0.650. The van der Waals surface area contributed by atoms with Crippen LogP contribution < -0.4 is 10.6 Å². The van der Waals surface area contributed by atoms with E-state index in [4.69, 9.17) is 9.47 Å². The van der Waals surface area contributed by atoms with Gasteiger partial charge in [-0.3, -0.25) is 4.79 Å².